The normalized spacial score (nSPS) is 10.3. The molecule has 1 N–H and O–H groups in total. The second-order valence-corrected chi connectivity index (χ2v) is 3.66. The number of carbonyl (C=O) groups excluding carboxylic acids is 1. The number of nitrogens with one attached hydrogen (secondary N) is 1. The summed E-state index contributed by atoms with van der Waals surface area (Å²) in [6.07, 6.45) is 3.26. The van der Waals surface area contributed by atoms with Crippen molar-refractivity contribution in [2.24, 2.45) is 0 Å². The molecule has 0 atom stereocenters. The van der Waals surface area contributed by atoms with Crippen LogP contribution in [0.15, 0.2) is 36.7 Å². The van der Waals surface area contributed by atoms with Crippen molar-refractivity contribution in [2.45, 2.75) is 6.54 Å². The van der Waals surface area contributed by atoms with Crippen LogP contribution in [0.4, 0.5) is 0 Å². The number of carbonyl (C=O) groups is 1. The number of nitrogens with zero attached hydrogens (tertiary/aromatic N) is 3. The lowest BCUT2D eigenvalue weighted by molar-refractivity contribution is -0.139. The molecule has 18 heavy (non-hydrogen) atoms. The number of esters is 1. The lowest BCUT2D eigenvalue weighted by Gasteiger charge is -2.05. The minimum absolute atomic E-state index is 0.207. The molecule has 6 heteroatoms. The van der Waals surface area contributed by atoms with Crippen LogP contribution in [-0.2, 0) is 16.1 Å². The van der Waals surface area contributed by atoms with Crippen molar-refractivity contribution in [3.05, 3.63) is 42.2 Å². The number of methoxy groups -OCH3 is 1. The van der Waals surface area contributed by atoms with Gasteiger partial charge >= 0.3 is 5.97 Å². The molecular formula is C12H14N4O2. The summed E-state index contributed by atoms with van der Waals surface area (Å²) in [4.78, 5) is 12.5. The molecule has 0 unspecified atom stereocenters. The van der Waals surface area contributed by atoms with E-state index in [2.05, 4.69) is 20.3 Å². The molecular weight excluding hydrogens is 232 g/mol. The van der Waals surface area contributed by atoms with Gasteiger partial charge in [-0.3, -0.25) is 4.79 Å². The van der Waals surface area contributed by atoms with Crippen molar-refractivity contribution in [1.82, 2.24) is 20.3 Å². The highest BCUT2D eigenvalue weighted by atomic mass is 16.5. The maximum atomic E-state index is 10.9. The second-order valence-electron chi connectivity index (χ2n) is 3.66. The molecule has 0 aliphatic rings. The van der Waals surface area contributed by atoms with Gasteiger partial charge < -0.3 is 10.1 Å². The van der Waals surface area contributed by atoms with Crippen LogP contribution in [0.1, 0.15) is 5.56 Å². The highest BCUT2D eigenvalue weighted by Gasteiger charge is 2.00. The largest absolute Gasteiger partial charge is 0.468 e. The zero-order valence-electron chi connectivity index (χ0n) is 10.0. The lowest BCUT2D eigenvalue weighted by atomic mass is 10.2. The van der Waals surface area contributed by atoms with E-state index in [1.165, 1.54) is 7.11 Å². The fourth-order valence-electron chi connectivity index (χ4n) is 1.48. The van der Waals surface area contributed by atoms with E-state index in [1.807, 2.05) is 24.3 Å². The van der Waals surface area contributed by atoms with Gasteiger partial charge in [-0.1, -0.05) is 12.1 Å². The maximum absolute atomic E-state index is 10.9. The standard InChI is InChI=1S/C12H14N4O2/c1-18-12(17)9-13-8-10-2-4-11(5-3-10)16-14-6-7-15-16/h2-7,13H,8-9H2,1H3. The Morgan fingerprint density at radius 3 is 2.56 bits per heavy atom. The van der Waals surface area contributed by atoms with Gasteiger partial charge in [-0.2, -0.15) is 15.0 Å². The Bertz CT molecular complexity index is 493. The van der Waals surface area contributed by atoms with Gasteiger partial charge in [0.15, 0.2) is 0 Å². The van der Waals surface area contributed by atoms with Crippen molar-refractivity contribution >= 4 is 5.97 Å². The molecule has 0 aliphatic heterocycles. The summed E-state index contributed by atoms with van der Waals surface area (Å²) in [5.74, 6) is -0.271. The second kappa shape index (κ2) is 5.92. The molecule has 0 saturated carbocycles. The van der Waals surface area contributed by atoms with Crippen molar-refractivity contribution < 1.29 is 9.53 Å². The number of benzene rings is 1. The molecule has 0 aliphatic carbocycles. The average Bonchev–Trinajstić information content (AvgIpc) is 2.93. The molecule has 0 saturated heterocycles. The van der Waals surface area contributed by atoms with Crippen LogP contribution < -0.4 is 5.32 Å². The molecule has 0 spiro atoms. The molecule has 0 fully saturated rings. The summed E-state index contributed by atoms with van der Waals surface area (Å²) in [5, 5.41) is 11.1. The van der Waals surface area contributed by atoms with E-state index in [0.29, 0.717) is 6.54 Å². The van der Waals surface area contributed by atoms with Crippen LogP contribution in [0.25, 0.3) is 5.69 Å². The Balaban J connectivity index is 1.90. The van der Waals surface area contributed by atoms with Gasteiger partial charge in [0.2, 0.25) is 0 Å². The van der Waals surface area contributed by atoms with Gasteiger partial charge in [-0.15, -0.1) is 0 Å². The third-order valence-corrected chi connectivity index (χ3v) is 2.41. The van der Waals surface area contributed by atoms with Crippen molar-refractivity contribution in [3.8, 4) is 5.69 Å². The molecule has 2 rings (SSSR count). The SMILES string of the molecule is COC(=O)CNCc1ccc(-n2nccn2)cc1. The quantitative estimate of drug-likeness (QED) is 0.779. The first-order valence-corrected chi connectivity index (χ1v) is 5.53. The molecule has 1 aromatic heterocycles. The first-order chi connectivity index (χ1) is 8.79. The number of hydrogen-bond donors (Lipinski definition) is 1. The summed E-state index contributed by atoms with van der Waals surface area (Å²) >= 11 is 0. The van der Waals surface area contributed by atoms with E-state index in [-0.39, 0.29) is 12.5 Å². The summed E-state index contributed by atoms with van der Waals surface area (Å²) < 4.78 is 4.53. The number of hydrogen-bond acceptors (Lipinski definition) is 5. The van der Waals surface area contributed by atoms with Crippen LogP contribution >= 0.6 is 0 Å². The van der Waals surface area contributed by atoms with E-state index < -0.39 is 0 Å². The predicted octanol–water partition coefficient (Wildman–Crippen LogP) is 0.530. The van der Waals surface area contributed by atoms with Gasteiger partial charge in [-0.25, -0.2) is 0 Å². The molecule has 6 nitrogen and oxygen atoms in total. The van der Waals surface area contributed by atoms with Crippen molar-refractivity contribution in [2.75, 3.05) is 13.7 Å². The van der Waals surface area contributed by atoms with Crippen molar-refractivity contribution in [1.29, 1.82) is 0 Å². The van der Waals surface area contributed by atoms with Gasteiger partial charge in [0, 0.05) is 6.54 Å². The van der Waals surface area contributed by atoms with Crippen LogP contribution in [0.2, 0.25) is 0 Å². The number of rotatable bonds is 5. The summed E-state index contributed by atoms with van der Waals surface area (Å²) in [6, 6.07) is 7.77. The van der Waals surface area contributed by atoms with Gasteiger partial charge in [0.1, 0.15) is 0 Å². The maximum Gasteiger partial charge on any atom is 0.319 e. The average molecular weight is 246 g/mol. The fraction of sp³-hybridized carbons (Fsp3) is 0.250. The Morgan fingerprint density at radius 1 is 1.28 bits per heavy atom. The molecule has 0 radical (unpaired) electrons. The van der Waals surface area contributed by atoms with Crippen LogP contribution in [0, 0.1) is 0 Å². The summed E-state index contributed by atoms with van der Waals surface area (Å²) in [6.45, 7) is 0.820. The molecule has 0 bridgehead atoms. The Labute approximate surface area is 105 Å². The van der Waals surface area contributed by atoms with E-state index in [9.17, 15) is 4.79 Å². The fourth-order valence-corrected chi connectivity index (χ4v) is 1.48. The summed E-state index contributed by atoms with van der Waals surface area (Å²) in [5.41, 5.74) is 1.98. The first-order valence-electron chi connectivity index (χ1n) is 5.53. The van der Waals surface area contributed by atoms with E-state index in [0.717, 1.165) is 11.3 Å². The highest BCUT2D eigenvalue weighted by molar-refractivity contribution is 5.71. The van der Waals surface area contributed by atoms with E-state index in [4.69, 9.17) is 0 Å². The lowest BCUT2D eigenvalue weighted by Crippen LogP contribution is -2.23. The number of ether oxygens (including phenoxy) is 1. The highest BCUT2D eigenvalue weighted by Crippen LogP contribution is 2.06. The van der Waals surface area contributed by atoms with Gasteiger partial charge in [0.05, 0.1) is 31.7 Å². The minimum Gasteiger partial charge on any atom is -0.468 e. The number of aromatic nitrogens is 3. The molecule has 0 amide bonds. The van der Waals surface area contributed by atoms with Crippen LogP contribution in [-0.4, -0.2) is 34.6 Å². The smallest absolute Gasteiger partial charge is 0.319 e. The van der Waals surface area contributed by atoms with Crippen molar-refractivity contribution in [3.63, 3.8) is 0 Å². The molecule has 2 aromatic rings. The Morgan fingerprint density at radius 2 is 1.94 bits per heavy atom. The zero-order valence-corrected chi connectivity index (χ0v) is 10.0. The van der Waals surface area contributed by atoms with Gasteiger partial charge in [-0.05, 0) is 17.7 Å². The summed E-state index contributed by atoms with van der Waals surface area (Å²) in [7, 11) is 1.37. The molecule has 1 aromatic carbocycles. The topological polar surface area (TPSA) is 69.0 Å². The Kier molecular flexibility index (Phi) is 4.03. The molecule has 1 heterocycles. The van der Waals surface area contributed by atoms with Crippen LogP contribution in [0.5, 0.6) is 0 Å². The van der Waals surface area contributed by atoms with E-state index in [1.54, 1.807) is 17.2 Å². The predicted molar refractivity (Wildman–Crippen MR) is 65.1 cm³/mol. The minimum atomic E-state index is -0.271. The van der Waals surface area contributed by atoms with E-state index >= 15 is 0 Å². The van der Waals surface area contributed by atoms with Crippen LogP contribution in [0.3, 0.4) is 0 Å². The molecule has 94 valence electrons. The first kappa shape index (κ1) is 12.3. The third kappa shape index (κ3) is 3.14. The van der Waals surface area contributed by atoms with Gasteiger partial charge in [0.25, 0.3) is 0 Å². The third-order valence-electron chi connectivity index (χ3n) is 2.41. The zero-order chi connectivity index (χ0) is 12.8. The monoisotopic (exact) mass is 246 g/mol. The Hall–Kier alpha value is -2.21.